The molecule has 2 aliphatic rings. The Hall–Kier alpha value is -0.805. The molecule has 1 aromatic heterocycles. The lowest BCUT2D eigenvalue weighted by Gasteiger charge is -2.23. The zero-order chi connectivity index (χ0) is 9.38. The van der Waals surface area contributed by atoms with Gasteiger partial charge in [-0.15, -0.1) is 0 Å². The highest BCUT2D eigenvalue weighted by atomic mass is 16.5. The van der Waals surface area contributed by atoms with Crippen LogP contribution < -0.4 is 11.0 Å². The number of rotatable bonds is 1. The monoisotopic (exact) mass is 191 g/mol. The highest BCUT2D eigenvalue weighted by molar-refractivity contribution is 6.63. The highest BCUT2D eigenvalue weighted by Gasteiger charge is 2.40. The van der Waals surface area contributed by atoms with Crippen LogP contribution in [0.25, 0.3) is 0 Å². The maximum Gasteiger partial charge on any atom is 0.454 e. The molecule has 1 aliphatic carbocycles. The van der Waals surface area contributed by atoms with E-state index in [-0.39, 0.29) is 7.05 Å². The lowest BCUT2D eigenvalue weighted by Crippen LogP contribution is -2.46. The maximum absolute atomic E-state index is 5.90. The molecule has 2 heterocycles. The smallest absolute Gasteiger partial charge is 0.411 e. The van der Waals surface area contributed by atoms with Gasteiger partial charge in [0.25, 0.3) is 0 Å². The predicted molar refractivity (Wildman–Crippen MR) is 54.2 cm³/mol. The largest absolute Gasteiger partial charge is 0.454 e. The summed E-state index contributed by atoms with van der Waals surface area (Å²) in [5.74, 6) is 0. The van der Waals surface area contributed by atoms with E-state index in [4.69, 9.17) is 4.65 Å². The van der Waals surface area contributed by atoms with Gasteiger partial charge < -0.3 is 14.9 Å². The van der Waals surface area contributed by atoms with E-state index >= 15 is 0 Å². The van der Waals surface area contributed by atoms with Crippen LogP contribution in [0, 0.1) is 0 Å². The van der Waals surface area contributed by atoms with E-state index in [0.29, 0.717) is 12.1 Å². The maximum atomic E-state index is 5.90. The number of aromatic amines is 1. The Morgan fingerprint density at radius 2 is 2.36 bits per heavy atom. The molecule has 2 fully saturated rings. The summed E-state index contributed by atoms with van der Waals surface area (Å²) < 4.78 is 5.90. The molecule has 74 valence electrons. The van der Waals surface area contributed by atoms with Crippen LogP contribution in [0.15, 0.2) is 12.4 Å². The van der Waals surface area contributed by atoms with Crippen molar-refractivity contribution in [1.29, 1.82) is 0 Å². The third kappa shape index (κ3) is 1.37. The second-order valence-electron chi connectivity index (χ2n) is 4.09. The third-order valence-electron chi connectivity index (χ3n) is 3.15. The number of hydrogen-bond acceptors (Lipinski definition) is 3. The number of aromatic nitrogens is 2. The summed E-state index contributed by atoms with van der Waals surface area (Å²) in [6, 6.07) is 0.541. The molecule has 1 saturated carbocycles. The van der Waals surface area contributed by atoms with Crippen molar-refractivity contribution < 1.29 is 4.65 Å². The molecule has 0 bridgehead atoms. The van der Waals surface area contributed by atoms with Gasteiger partial charge in [-0.1, -0.05) is 12.8 Å². The topological polar surface area (TPSA) is 49.9 Å². The van der Waals surface area contributed by atoms with Crippen molar-refractivity contribution in [3.8, 4) is 0 Å². The Bertz CT molecular complexity index is 289. The average molecular weight is 191 g/mol. The van der Waals surface area contributed by atoms with Crippen LogP contribution in [0.1, 0.15) is 25.7 Å². The zero-order valence-electron chi connectivity index (χ0n) is 8.07. The van der Waals surface area contributed by atoms with Crippen LogP contribution in [-0.4, -0.2) is 29.2 Å². The van der Waals surface area contributed by atoms with Gasteiger partial charge in [0.05, 0.1) is 6.10 Å². The molecule has 3 rings (SSSR count). The Labute approximate surface area is 83.6 Å². The van der Waals surface area contributed by atoms with Gasteiger partial charge in [-0.3, -0.25) is 0 Å². The first-order chi connectivity index (χ1) is 6.93. The Morgan fingerprint density at radius 1 is 1.43 bits per heavy atom. The van der Waals surface area contributed by atoms with E-state index in [1.807, 2.05) is 6.20 Å². The number of nitrogens with zero attached hydrogens (tertiary/aromatic N) is 1. The van der Waals surface area contributed by atoms with Gasteiger partial charge in [0.1, 0.15) is 5.72 Å². The van der Waals surface area contributed by atoms with Crippen molar-refractivity contribution in [3.63, 3.8) is 0 Å². The number of fused-ring (bicyclic) bond motifs is 1. The van der Waals surface area contributed by atoms with Crippen LogP contribution in [0.5, 0.6) is 0 Å². The van der Waals surface area contributed by atoms with Gasteiger partial charge in [-0.05, 0) is 12.8 Å². The SMILES string of the molecule is c1c[nH]c(B2NC3CCCC[C@H]3O2)n1. The molecule has 1 aliphatic heterocycles. The fraction of sp³-hybridized carbons (Fsp3) is 0.667. The first-order valence-electron chi connectivity index (χ1n) is 5.34. The molecule has 1 saturated heterocycles. The highest BCUT2D eigenvalue weighted by Crippen LogP contribution is 2.25. The quantitative estimate of drug-likeness (QED) is 0.616. The minimum atomic E-state index is -0.0156. The van der Waals surface area contributed by atoms with Crippen molar-refractivity contribution >= 4 is 12.8 Å². The van der Waals surface area contributed by atoms with Gasteiger partial charge in [-0.25, -0.2) is 4.98 Å². The molecule has 1 unspecified atom stereocenters. The number of H-pyrrole nitrogens is 1. The minimum absolute atomic E-state index is 0.0156. The van der Waals surface area contributed by atoms with E-state index in [0.717, 1.165) is 5.72 Å². The molecule has 2 atom stereocenters. The molecule has 0 aromatic carbocycles. The molecular formula is C9H14BN3O. The summed E-state index contributed by atoms with van der Waals surface area (Å²) in [6.45, 7) is 0. The van der Waals surface area contributed by atoms with Gasteiger partial charge in [0.2, 0.25) is 0 Å². The van der Waals surface area contributed by atoms with Crippen molar-refractivity contribution in [3.05, 3.63) is 12.4 Å². The molecule has 2 N–H and O–H groups in total. The van der Waals surface area contributed by atoms with Gasteiger partial charge in [0, 0.05) is 18.4 Å². The third-order valence-corrected chi connectivity index (χ3v) is 3.15. The molecular weight excluding hydrogens is 177 g/mol. The summed E-state index contributed by atoms with van der Waals surface area (Å²) in [4.78, 5) is 7.30. The molecule has 0 spiro atoms. The molecule has 14 heavy (non-hydrogen) atoms. The van der Waals surface area contributed by atoms with Crippen LogP contribution in [-0.2, 0) is 4.65 Å². The minimum Gasteiger partial charge on any atom is -0.411 e. The summed E-state index contributed by atoms with van der Waals surface area (Å²) >= 11 is 0. The number of nitrogens with one attached hydrogen (secondary N) is 2. The lowest BCUT2D eigenvalue weighted by molar-refractivity contribution is 0.168. The fourth-order valence-corrected chi connectivity index (χ4v) is 2.42. The molecule has 0 radical (unpaired) electrons. The van der Waals surface area contributed by atoms with Crippen LogP contribution in [0.2, 0.25) is 0 Å². The second kappa shape index (κ2) is 3.40. The second-order valence-corrected chi connectivity index (χ2v) is 4.09. The van der Waals surface area contributed by atoms with Crippen molar-refractivity contribution in [2.75, 3.05) is 0 Å². The Kier molecular flexibility index (Phi) is 2.07. The van der Waals surface area contributed by atoms with Crippen molar-refractivity contribution in [2.24, 2.45) is 0 Å². The zero-order valence-corrected chi connectivity index (χ0v) is 8.07. The number of hydrogen-bond donors (Lipinski definition) is 2. The van der Waals surface area contributed by atoms with Gasteiger partial charge >= 0.3 is 7.05 Å². The van der Waals surface area contributed by atoms with Crippen molar-refractivity contribution in [2.45, 2.75) is 37.8 Å². The Balaban J connectivity index is 1.74. The first kappa shape index (κ1) is 8.50. The van der Waals surface area contributed by atoms with Crippen LogP contribution in [0.4, 0.5) is 0 Å². The van der Waals surface area contributed by atoms with E-state index in [2.05, 4.69) is 15.2 Å². The summed E-state index contributed by atoms with van der Waals surface area (Å²) in [7, 11) is -0.0156. The van der Waals surface area contributed by atoms with Gasteiger partial charge in [0.15, 0.2) is 0 Å². The molecule has 4 nitrogen and oxygen atoms in total. The average Bonchev–Trinajstić information content (AvgIpc) is 2.86. The summed E-state index contributed by atoms with van der Waals surface area (Å²) in [6.07, 6.45) is 9.05. The fourth-order valence-electron chi connectivity index (χ4n) is 2.42. The van der Waals surface area contributed by atoms with E-state index < -0.39 is 0 Å². The van der Waals surface area contributed by atoms with Crippen molar-refractivity contribution in [1.82, 2.24) is 15.2 Å². The van der Waals surface area contributed by atoms with E-state index in [9.17, 15) is 0 Å². The van der Waals surface area contributed by atoms with E-state index in [1.165, 1.54) is 25.7 Å². The van der Waals surface area contributed by atoms with Gasteiger partial charge in [-0.2, -0.15) is 0 Å². The summed E-state index contributed by atoms with van der Waals surface area (Å²) in [5.41, 5.74) is 0.902. The first-order valence-corrected chi connectivity index (χ1v) is 5.34. The number of imidazole rings is 1. The summed E-state index contributed by atoms with van der Waals surface area (Å²) in [5, 5.41) is 3.48. The molecule has 0 amide bonds. The normalized spacial score (nSPS) is 31.9. The van der Waals surface area contributed by atoms with Crippen LogP contribution in [0.3, 0.4) is 0 Å². The van der Waals surface area contributed by atoms with E-state index in [1.54, 1.807) is 6.20 Å². The lowest BCUT2D eigenvalue weighted by atomic mass is 9.82. The Morgan fingerprint density at radius 3 is 3.14 bits per heavy atom. The molecule has 1 aromatic rings. The standard InChI is InChI=1S/C9H14BN3O/c1-2-4-8-7(3-1)13-10(14-8)9-11-5-6-12-9/h5-8,13H,1-4H2,(H,11,12)/t7?,8-/m1/s1. The van der Waals surface area contributed by atoms with Crippen LogP contribution >= 0.6 is 0 Å². The molecule has 5 heteroatoms. The predicted octanol–water partition coefficient (Wildman–Crippen LogP) is 0.0359.